The van der Waals surface area contributed by atoms with Crippen LogP contribution in [0.1, 0.15) is 101 Å². The van der Waals surface area contributed by atoms with Crippen LogP contribution in [0.15, 0.2) is 152 Å². The van der Waals surface area contributed by atoms with Gasteiger partial charge >= 0.3 is 0 Å². The van der Waals surface area contributed by atoms with Crippen LogP contribution in [-0.4, -0.2) is 9.52 Å². The van der Waals surface area contributed by atoms with Gasteiger partial charge in [0.05, 0.1) is 9.52 Å². The summed E-state index contributed by atoms with van der Waals surface area (Å²) in [6.45, 7) is 13.6. The third kappa shape index (κ3) is 9.90. The van der Waals surface area contributed by atoms with Crippen molar-refractivity contribution in [1.29, 1.82) is 0 Å². The summed E-state index contributed by atoms with van der Waals surface area (Å²) in [7, 11) is 0.795. The smallest absolute Gasteiger partial charge is 0.0920 e. The third-order valence-electron chi connectivity index (χ3n) is 11.4. The third-order valence-corrected chi connectivity index (χ3v) is 12.8. The number of aryl methyl sites for hydroxylation is 2. The molecule has 0 aliphatic carbocycles. The number of fused-ring (bicyclic) bond motifs is 5. The molecule has 0 spiro atoms. The molecule has 0 N–H and O–H groups in total. The van der Waals surface area contributed by atoms with Gasteiger partial charge in [-0.2, -0.15) is 41.6 Å². The predicted molar refractivity (Wildman–Crippen MR) is 251 cm³/mol. The summed E-state index contributed by atoms with van der Waals surface area (Å²) in [6.07, 6.45) is 7.33. The summed E-state index contributed by atoms with van der Waals surface area (Å²) in [4.78, 5) is 0. The Hall–Kier alpha value is -4.37. The summed E-state index contributed by atoms with van der Waals surface area (Å²) in [5.41, 5.74) is 14.2. The molecule has 0 amide bonds. The molecule has 8 aromatic carbocycles. The number of unbranched alkanes of at least 4 members (excludes halogenated alkanes) is 2. The van der Waals surface area contributed by atoms with E-state index in [2.05, 4.69) is 193 Å². The van der Waals surface area contributed by atoms with Gasteiger partial charge in [-0.15, -0.1) is 74.6 Å². The van der Waals surface area contributed by atoms with E-state index in [0.717, 1.165) is 9.52 Å². The quantitative estimate of drug-likeness (QED) is 0.0947. The topological polar surface area (TPSA) is 0 Å². The maximum atomic E-state index is 3.31. The standard InChI is InChI=1S/2C22H25.C12H7Si.Hf/c2*1-4-5-9-17-10-6-7-12-20(17)21-13-8-11-18-14-19(16(2)3)15-22(18)21;1-3-7-11-9(5-1)10-6-2-4-8-12(10)13-11;/h2*6-8,10-16H,4-5,9H2,1-3H3;1-7H;/q3*-1;. The van der Waals surface area contributed by atoms with Crippen molar-refractivity contribution in [3.05, 3.63) is 180 Å². The fourth-order valence-electron chi connectivity index (χ4n) is 8.12. The number of hydrogen-bond donors (Lipinski definition) is 0. The van der Waals surface area contributed by atoms with Crippen LogP contribution in [0.3, 0.4) is 0 Å². The molecule has 0 aromatic heterocycles. The van der Waals surface area contributed by atoms with E-state index in [1.54, 1.807) is 0 Å². The van der Waals surface area contributed by atoms with Crippen molar-refractivity contribution >= 4 is 41.4 Å². The minimum absolute atomic E-state index is 0. The van der Waals surface area contributed by atoms with Gasteiger partial charge in [-0.25, -0.2) is 0 Å². The van der Waals surface area contributed by atoms with E-state index in [9.17, 15) is 0 Å². The molecule has 0 saturated carbocycles. The molecule has 0 saturated heterocycles. The first-order valence-electron chi connectivity index (χ1n) is 21.3. The molecule has 0 nitrogen and oxygen atoms in total. The molecule has 292 valence electrons. The van der Waals surface area contributed by atoms with Gasteiger partial charge in [0.25, 0.3) is 0 Å². The first-order chi connectivity index (χ1) is 27.9. The molecule has 0 unspecified atom stereocenters. The predicted octanol–water partition coefficient (Wildman–Crippen LogP) is 14.5. The fourth-order valence-corrected chi connectivity index (χ4v) is 9.42. The van der Waals surface area contributed by atoms with E-state index in [0.29, 0.717) is 11.8 Å². The zero-order valence-electron chi connectivity index (χ0n) is 35.3. The molecule has 1 aliphatic rings. The van der Waals surface area contributed by atoms with E-state index in [4.69, 9.17) is 0 Å². The van der Waals surface area contributed by atoms with Crippen molar-refractivity contribution in [3.63, 3.8) is 0 Å². The first kappa shape index (κ1) is 43.2. The molecule has 1 heterocycles. The summed E-state index contributed by atoms with van der Waals surface area (Å²) in [6, 6.07) is 58.8. The Morgan fingerprint density at radius 3 is 1.45 bits per heavy atom. The number of rotatable bonds is 10. The van der Waals surface area contributed by atoms with Crippen molar-refractivity contribution in [1.82, 2.24) is 0 Å². The molecule has 0 bridgehead atoms. The largest absolute Gasteiger partial charge is 0.184 e. The molecule has 2 radical (unpaired) electrons. The van der Waals surface area contributed by atoms with Crippen molar-refractivity contribution in [2.24, 2.45) is 0 Å². The van der Waals surface area contributed by atoms with E-state index in [1.807, 2.05) is 6.07 Å². The molecule has 0 atom stereocenters. The van der Waals surface area contributed by atoms with Crippen LogP contribution in [0.4, 0.5) is 0 Å². The van der Waals surface area contributed by atoms with Crippen LogP contribution in [0.2, 0.25) is 0 Å². The Balaban J connectivity index is 0.000000150. The zero-order chi connectivity index (χ0) is 39.7. The van der Waals surface area contributed by atoms with Gasteiger partial charge in [0, 0.05) is 25.8 Å². The van der Waals surface area contributed by atoms with Crippen LogP contribution < -0.4 is 10.4 Å². The molecule has 8 aromatic rings. The number of benzene rings is 6. The average molecular weight is 937 g/mol. The molecule has 9 rings (SSSR count). The average Bonchev–Trinajstić information content (AvgIpc) is 3.99. The second-order valence-corrected chi connectivity index (χ2v) is 17.4. The number of hydrogen-bond acceptors (Lipinski definition) is 0. The molecule has 58 heavy (non-hydrogen) atoms. The molecular weight excluding hydrogens is 879 g/mol. The van der Waals surface area contributed by atoms with Gasteiger partial charge in [-0.05, 0) is 59.8 Å². The van der Waals surface area contributed by atoms with E-state index < -0.39 is 0 Å². The van der Waals surface area contributed by atoms with E-state index >= 15 is 0 Å². The summed E-state index contributed by atoms with van der Waals surface area (Å²) >= 11 is 0. The second kappa shape index (κ2) is 20.5. The normalized spacial score (nSPS) is 11.4. The van der Waals surface area contributed by atoms with Gasteiger partial charge in [0.1, 0.15) is 0 Å². The van der Waals surface area contributed by atoms with Crippen LogP contribution in [0, 0.1) is 6.07 Å². The van der Waals surface area contributed by atoms with Gasteiger partial charge in [-0.1, -0.05) is 161 Å². The first-order valence-corrected chi connectivity index (χ1v) is 22.3. The van der Waals surface area contributed by atoms with Crippen molar-refractivity contribution in [3.8, 4) is 33.4 Å². The minimum Gasteiger partial charge on any atom is -0.184 e. The Kier molecular flexibility index (Phi) is 15.3. The van der Waals surface area contributed by atoms with Gasteiger partial charge in [0.2, 0.25) is 0 Å². The summed E-state index contributed by atoms with van der Waals surface area (Å²) < 4.78 is 0. The van der Waals surface area contributed by atoms with Crippen LogP contribution in [0.5, 0.6) is 0 Å². The maximum Gasteiger partial charge on any atom is 0.0920 e. The Labute approximate surface area is 370 Å². The van der Waals surface area contributed by atoms with Crippen LogP contribution in [-0.2, 0) is 38.7 Å². The Bertz CT molecular complexity index is 2370. The molecule has 2 heteroatoms. The van der Waals surface area contributed by atoms with E-state index in [1.165, 1.54) is 126 Å². The minimum atomic E-state index is 0. The zero-order valence-corrected chi connectivity index (χ0v) is 39.9. The Morgan fingerprint density at radius 2 is 0.948 bits per heavy atom. The van der Waals surface area contributed by atoms with Crippen LogP contribution in [0.25, 0.3) is 54.9 Å². The fraction of sp³-hybridized carbons (Fsp3) is 0.250. The van der Waals surface area contributed by atoms with Gasteiger partial charge in [-0.3, -0.25) is 0 Å². The van der Waals surface area contributed by atoms with Crippen molar-refractivity contribution < 1.29 is 25.8 Å². The Morgan fingerprint density at radius 1 is 0.500 bits per heavy atom. The van der Waals surface area contributed by atoms with Gasteiger partial charge < -0.3 is 0 Å². The monoisotopic (exact) mass is 937 g/mol. The SMILES string of the molecule is CCCCc1ccccc1-c1cccc2[cH-]c(C(C)C)cc12.CCCCc1ccccc1-c1cccc2[cH-]c(C(C)C)cc12.[Hf].[c-]1cccc2c1[Si]c1ccccc1-2. The molecular formula is C56H57HfSi-3. The summed E-state index contributed by atoms with van der Waals surface area (Å²) in [5, 5.41) is 8.35. The van der Waals surface area contributed by atoms with Crippen LogP contribution >= 0.6 is 0 Å². The van der Waals surface area contributed by atoms with E-state index in [-0.39, 0.29) is 25.8 Å². The van der Waals surface area contributed by atoms with Gasteiger partial charge in [0.15, 0.2) is 0 Å². The second-order valence-electron chi connectivity index (χ2n) is 16.2. The van der Waals surface area contributed by atoms with Crippen molar-refractivity contribution in [2.75, 3.05) is 0 Å². The maximum absolute atomic E-state index is 3.31. The summed E-state index contributed by atoms with van der Waals surface area (Å²) in [5.74, 6) is 1.16. The van der Waals surface area contributed by atoms with Crippen molar-refractivity contribution in [2.45, 2.75) is 91.9 Å². The molecule has 1 aliphatic heterocycles. The molecule has 0 fully saturated rings.